The summed E-state index contributed by atoms with van der Waals surface area (Å²) in [4.78, 5) is 0. The zero-order chi connectivity index (χ0) is 17.8. The molecule has 2 aliphatic rings. The lowest BCUT2D eigenvalue weighted by Crippen LogP contribution is -2.31. The maximum atomic E-state index is 11.0. The zero-order valence-electron chi connectivity index (χ0n) is 14.3. The van der Waals surface area contributed by atoms with Crippen molar-refractivity contribution in [2.45, 2.75) is 12.2 Å². The third kappa shape index (κ3) is 3.22. The summed E-state index contributed by atoms with van der Waals surface area (Å²) in [5.41, 5.74) is 4.07. The van der Waals surface area contributed by atoms with Crippen LogP contribution in [0, 0.1) is 0 Å². The van der Waals surface area contributed by atoms with E-state index in [-0.39, 0.29) is 0 Å². The summed E-state index contributed by atoms with van der Waals surface area (Å²) in [5.74, 6) is 0.544. The summed E-state index contributed by atoms with van der Waals surface area (Å²) >= 11 is 0. The molecule has 2 aromatic carbocycles. The SMILES string of the molecule is OC(C1=C(c2ccccc2)C(c2ccccc2)=CCO1)C1C=CC=CO1. The van der Waals surface area contributed by atoms with Gasteiger partial charge in [-0.3, -0.25) is 0 Å². The Bertz CT molecular complexity index is 876. The molecule has 0 aliphatic carbocycles. The van der Waals surface area contributed by atoms with Crippen molar-refractivity contribution in [3.8, 4) is 0 Å². The number of hydrogen-bond donors (Lipinski definition) is 1. The van der Waals surface area contributed by atoms with E-state index >= 15 is 0 Å². The highest BCUT2D eigenvalue weighted by Gasteiger charge is 2.30. The van der Waals surface area contributed by atoms with Crippen molar-refractivity contribution in [2.24, 2.45) is 0 Å². The average molecular weight is 344 g/mol. The number of hydrogen-bond acceptors (Lipinski definition) is 3. The smallest absolute Gasteiger partial charge is 0.152 e. The molecule has 3 heteroatoms. The first-order valence-corrected chi connectivity index (χ1v) is 8.70. The summed E-state index contributed by atoms with van der Waals surface area (Å²) in [6, 6.07) is 20.2. The molecule has 1 N–H and O–H groups in total. The second-order valence-electron chi connectivity index (χ2n) is 6.16. The molecule has 0 aromatic heterocycles. The van der Waals surface area contributed by atoms with Crippen LogP contribution in [0.4, 0.5) is 0 Å². The van der Waals surface area contributed by atoms with Gasteiger partial charge in [0.25, 0.3) is 0 Å². The van der Waals surface area contributed by atoms with Gasteiger partial charge in [-0.05, 0) is 34.9 Å². The van der Waals surface area contributed by atoms with Crippen LogP contribution >= 0.6 is 0 Å². The van der Waals surface area contributed by atoms with E-state index in [9.17, 15) is 5.11 Å². The molecule has 0 saturated carbocycles. The van der Waals surface area contributed by atoms with E-state index in [1.165, 1.54) is 0 Å². The molecule has 26 heavy (non-hydrogen) atoms. The Kier molecular flexibility index (Phi) is 4.71. The molecule has 0 amide bonds. The average Bonchev–Trinajstić information content (AvgIpc) is 2.74. The number of rotatable bonds is 4. The van der Waals surface area contributed by atoms with Gasteiger partial charge in [0.15, 0.2) is 6.10 Å². The lowest BCUT2D eigenvalue weighted by atomic mass is 9.88. The van der Waals surface area contributed by atoms with Gasteiger partial charge in [-0.15, -0.1) is 0 Å². The van der Waals surface area contributed by atoms with Crippen LogP contribution < -0.4 is 0 Å². The van der Waals surface area contributed by atoms with Crippen molar-refractivity contribution in [3.05, 3.63) is 108 Å². The van der Waals surface area contributed by atoms with Crippen LogP contribution in [-0.4, -0.2) is 23.9 Å². The van der Waals surface area contributed by atoms with Gasteiger partial charge in [-0.25, -0.2) is 0 Å². The van der Waals surface area contributed by atoms with E-state index in [0.29, 0.717) is 12.4 Å². The Morgan fingerprint density at radius 2 is 1.58 bits per heavy atom. The number of allylic oxidation sites excluding steroid dienone is 4. The lowest BCUT2D eigenvalue weighted by molar-refractivity contribution is 0.0211. The molecule has 0 radical (unpaired) electrons. The molecule has 0 saturated heterocycles. The number of ether oxygens (including phenoxy) is 2. The van der Waals surface area contributed by atoms with E-state index in [0.717, 1.165) is 22.3 Å². The summed E-state index contributed by atoms with van der Waals surface area (Å²) in [5, 5.41) is 11.0. The maximum absolute atomic E-state index is 11.0. The van der Waals surface area contributed by atoms with Crippen molar-refractivity contribution in [1.82, 2.24) is 0 Å². The molecule has 2 aliphatic heterocycles. The van der Waals surface area contributed by atoms with E-state index in [2.05, 4.69) is 18.2 Å². The number of benzene rings is 2. The Morgan fingerprint density at radius 3 is 2.23 bits per heavy atom. The zero-order valence-corrected chi connectivity index (χ0v) is 14.3. The third-order valence-electron chi connectivity index (χ3n) is 4.50. The van der Waals surface area contributed by atoms with Gasteiger partial charge in [0, 0.05) is 5.57 Å². The molecule has 2 heterocycles. The van der Waals surface area contributed by atoms with Crippen LogP contribution in [0.25, 0.3) is 11.1 Å². The first-order valence-electron chi connectivity index (χ1n) is 8.70. The van der Waals surface area contributed by atoms with E-state index in [4.69, 9.17) is 9.47 Å². The minimum absolute atomic E-state index is 0.416. The topological polar surface area (TPSA) is 38.7 Å². The van der Waals surface area contributed by atoms with E-state index in [1.807, 2.05) is 60.7 Å². The fourth-order valence-corrected chi connectivity index (χ4v) is 3.27. The summed E-state index contributed by atoms with van der Waals surface area (Å²) in [6.45, 7) is 0.416. The van der Waals surface area contributed by atoms with Crippen molar-refractivity contribution in [1.29, 1.82) is 0 Å². The predicted octanol–water partition coefficient (Wildman–Crippen LogP) is 4.34. The summed E-state index contributed by atoms with van der Waals surface area (Å²) in [7, 11) is 0. The molecular weight excluding hydrogens is 324 g/mol. The van der Waals surface area contributed by atoms with Gasteiger partial charge >= 0.3 is 0 Å². The second-order valence-corrected chi connectivity index (χ2v) is 6.16. The molecule has 4 rings (SSSR count). The maximum Gasteiger partial charge on any atom is 0.152 e. The predicted molar refractivity (Wildman–Crippen MR) is 103 cm³/mol. The van der Waals surface area contributed by atoms with Crippen LogP contribution in [-0.2, 0) is 9.47 Å². The molecule has 130 valence electrons. The quantitative estimate of drug-likeness (QED) is 0.897. The van der Waals surface area contributed by atoms with Crippen molar-refractivity contribution >= 4 is 11.1 Å². The van der Waals surface area contributed by atoms with Gasteiger partial charge in [0.2, 0.25) is 0 Å². The molecular formula is C23H20O3. The molecule has 0 fully saturated rings. The van der Waals surface area contributed by atoms with Crippen molar-refractivity contribution in [2.75, 3.05) is 6.61 Å². The van der Waals surface area contributed by atoms with Gasteiger partial charge in [0.05, 0.1) is 6.26 Å². The Labute approximate surface area is 153 Å². The fourth-order valence-electron chi connectivity index (χ4n) is 3.27. The minimum atomic E-state index is -0.890. The van der Waals surface area contributed by atoms with Gasteiger partial charge in [-0.2, -0.15) is 0 Å². The van der Waals surface area contributed by atoms with Crippen LogP contribution in [0.3, 0.4) is 0 Å². The van der Waals surface area contributed by atoms with Gasteiger partial charge in [-0.1, -0.05) is 66.7 Å². The first kappa shape index (κ1) is 16.4. The molecule has 0 bridgehead atoms. The van der Waals surface area contributed by atoms with Gasteiger partial charge < -0.3 is 14.6 Å². The van der Waals surface area contributed by atoms with E-state index in [1.54, 1.807) is 12.3 Å². The highest BCUT2D eigenvalue weighted by Crippen LogP contribution is 2.38. The summed E-state index contributed by atoms with van der Waals surface area (Å²) in [6.07, 6.45) is 7.80. The highest BCUT2D eigenvalue weighted by molar-refractivity contribution is 6.06. The largest absolute Gasteiger partial charge is 0.491 e. The van der Waals surface area contributed by atoms with E-state index < -0.39 is 12.2 Å². The Hall–Kier alpha value is -3.04. The molecule has 2 atom stereocenters. The van der Waals surface area contributed by atoms with Crippen LogP contribution in [0.15, 0.2) is 97.0 Å². The number of aliphatic hydroxyl groups is 1. The molecule has 3 nitrogen and oxygen atoms in total. The second kappa shape index (κ2) is 7.46. The van der Waals surface area contributed by atoms with Gasteiger partial charge in [0.1, 0.15) is 18.5 Å². The standard InChI is InChI=1S/C23H20O3/c24-22(20-13-7-8-15-25-20)23-21(18-11-5-2-6-12-18)19(14-16-26-23)17-9-3-1-4-10-17/h1-15,20,22,24H,16H2. The minimum Gasteiger partial charge on any atom is -0.491 e. The first-order chi connectivity index (χ1) is 12.8. The number of aliphatic hydroxyl groups excluding tert-OH is 1. The molecule has 2 unspecified atom stereocenters. The van der Waals surface area contributed by atoms with Crippen LogP contribution in [0.2, 0.25) is 0 Å². The van der Waals surface area contributed by atoms with Crippen LogP contribution in [0.5, 0.6) is 0 Å². The lowest BCUT2D eigenvalue weighted by Gasteiger charge is -2.29. The fraction of sp³-hybridized carbons (Fsp3) is 0.130. The Morgan fingerprint density at radius 1 is 0.885 bits per heavy atom. The Balaban J connectivity index is 1.83. The highest BCUT2D eigenvalue weighted by atomic mass is 16.5. The summed E-state index contributed by atoms with van der Waals surface area (Å²) < 4.78 is 11.5. The molecule has 0 spiro atoms. The normalized spacial score (nSPS) is 20.2. The van der Waals surface area contributed by atoms with Crippen molar-refractivity contribution < 1.29 is 14.6 Å². The monoisotopic (exact) mass is 344 g/mol. The van der Waals surface area contributed by atoms with Crippen LogP contribution in [0.1, 0.15) is 11.1 Å². The van der Waals surface area contributed by atoms with Crippen molar-refractivity contribution in [3.63, 3.8) is 0 Å². The third-order valence-corrected chi connectivity index (χ3v) is 4.50. The molecule has 2 aromatic rings.